The number of amides is 1. The van der Waals surface area contributed by atoms with Gasteiger partial charge in [0.25, 0.3) is 0 Å². The van der Waals surface area contributed by atoms with Gasteiger partial charge in [-0.15, -0.1) is 0 Å². The van der Waals surface area contributed by atoms with E-state index in [4.69, 9.17) is 0 Å². The molecule has 0 radical (unpaired) electrons. The van der Waals surface area contributed by atoms with Gasteiger partial charge in [0.1, 0.15) is 6.54 Å². The number of methoxy groups -OCH3 is 1. The Morgan fingerprint density at radius 2 is 1.58 bits per heavy atom. The highest BCUT2D eigenvalue weighted by Crippen LogP contribution is 2.19. The molecule has 1 N–H and O–H groups in total. The number of carbonyl (C=O) groups excluding carboxylic acids is 2. The topological polar surface area (TPSA) is 77.4 Å². The van der Waals surface area contributed by atoms with Crippen LogP contribution in [0, 0.1) is 0 Å². The van der Waals surface area contributed by atoms with Crippen molar-refractivity contribution < 1.29 is 14.3 Å². The van der Waals surface area contributed by atoms with Gasteiger partial charge in [0.05, 0.1) is 24.6 Å². The van der Waals surface area contributed by atoms with Crippen molar-refractivity contribution in [2.75, 3.05) is 7.11 Å². The van der Waals surface area contributed by atoms with E-state index in [0.717, 1.165) is 0 Å². The zero-order valence-corrected chi connectivity index (χ0v) is 14.7. The molecule has 1 heterocycles. The third kappa shape index (κ3) is 3.44. The molecule has 0 saturated carbocycles. The number of hydrogen-bond acceptors (Lipinski definition) is 4. The molecule has 0 bridgehead atoms. The number of hydrogen-bond donors (Lipinski definition) is 1. The molecular formula is C20H20N2O4. The highest BCUT2D eigenvalue weighted by molar-refractivity contribution is 5.94. The molecule has 1 atom stereocenters. The average molecular weight is 352 g/mol. The first-order chi connectivity index (χ1) is 12.5. The number of aromatic nitrogens is 1. The number of carbonyl (C=O) groups is 2. The van der Waals surface area contributed by atoms with E-state index >= 15 is 0 Å². The van der Waals surface area contributed by atoms with Crippen LogP contribution < -0.4 is 10.7 Å². The Labute approximate surface area is 150 Å². The zero-order valence-electron chi connectivity index (χ0n) is 14.7. The van der Waals surface area contributed by atoms with E-state index < -0.39 is 0 Å². The fourth-order valence-electron chi connectivity index (χ4n) is 3.10. The number of para-hydroxylation sites is 2. The molecule has 0 aliphatic heterocycles. The first kappa shape index (κ1) is 17.7. The summed E-state index contributed by atoms with van der Waals surface area (Å²) in [6.07, 6.45) is 0.105. The van der Waals surface area contributed by atoms with E-state index in [2.05, 4.69) is 10.1 Å². The first-order valence-electron chi connectivity index (χ1n) is 8.37. The molecule has 1 aromatic heterocycles. The molecule has 0 aliphatic carbocycles. The Hall–Kier alpha value is -3.15. The fourth-order valence-corrected chi connectivity index (χ4v) is 3.10. The van der Waals surface area contributed by atoms with Crippen LogP contribution in [0.1, 0.15) is 13.3 Å². The van der Waals surface area contributed by atoms with Crippen molar-refractivity contribution in [3.63, 3.8) is 0 Å². The molecule has 26 heavy (non-hydrogen) atoms. The molecule has 0 fully saturated rings. The molecule has 6 heteroatoms. The molecule has 134 valence electrons. The van der Waals surface area contributed by atoms with Crippen molar-refractivity contribution in [2.24, 2.45) is 0 Å². The predicted octanol–water partition coefficient (Wildman–Crippen LogP) is 2.22. The van der Waals surface area contributed by atoms with Gasteiger partial charge in [0.2, 0.25) is 5.91 Å². The summed E-state index contributed by atoms with van der Waals surface area (Å²) in [5, 5.41) is 3.94. The predicted molar refractivity (Wildman–Crippen MR) is 100.0 cm³/mol. The molecule has 0 spiro atoms. The van der Waals surface area contributed by atoms with Crippen LogP contribution in [0.4, 0.5) is 0 Å². The van der Waals surface area contributed by atoms with Gasteiger partial charge in [-0.2, -0.15) is 0 Å². The summed E-state index contributed by atoms with van der Waals surface area (Å²) < 4.78 is 6.44. The Bertz CT molecular complexity index is 979. The molecule has 2 aromatic carbocycles. The fraction of sp³-hybridized carbons (Fsp3) is 0.250. The third-order valence-corrected chi connectivity index (χ3v) is 4.29. The van der Waals surface area contributed by atoms with Crippen molar-refractivity contribution in [3.8, 4) is 0 Å². The van der Waals surface area contributed by atoms with Crippen LogP contribution in [-0.4, -0.2) is 29.6 Å². The molecule has 0 aliphatic rings. The average Bonchev–Trinajstić information content (AvgIpc) is 2.64. The van der Waals surface area contributed by atoms with E-state index in [9.17, 15) is 14.4 Å². The Morgan fingerprint density at radius 3 is 2.12 bits per heavy atom. The summed E-state index contributed by atoms with van der Waals surface area (Å²) in [6.45, 7) is 1.79. The molecule has 1 unspecified atom stereocenters. The highest BCUT2D eigenvalue weighted by atomic mass is 16.5. The second kappa shape index (κ2) is 7.39. The largest absolute Gasteiger partial charge is 0.469 e. The van der Waals surface area contributed by atoms with Gasteiger partial charge in [0.15, 0.2) is 5.43 Å². The lowest BCUT2D eigenvalue weighted by Gasteiger charge is -2.17. The number of esters is 1. The Balaban J connectivity index is 1.98. The van der Waals surface area contributed by atoms with Crippen molar-refractivity contribution in [1.82, 2.24) is 9.88 Å². The van der Waals surface area contributed by atoms with Crippen LogP contribution in [0.2, 0.25) is 0 Å². The lowest BCUT2D eigenvalue weighted by atomic mass is 10.1. The SMILES string of the molecule is COC(=O)CC(C)NC(=O)Cn1c2ccccc2c(=O)c2ccccc21. The van der Waals surface area contributed by atoms with Gasteiger partial charge in [-0.25, -0.2) is 0 Å². The number of benzene rings is 2. The van der Waals surface area contributed by atoms with Gasteiger partial charge in [0, 0.05) is 16.8 Å². The summed E-state index contributed by atoms with van der Waals surface area (Å²) in [5.74, 6) is -0.614. The lowest BCUT2D eigenvalue weighted by Crippen LogP contribution is -2.37. The van der Waals surface area contributed by atoms with E-state index in [-0.39, 0.29) is 36.3 Å². The Morgan fingerprint density at radius 1 is 1.04 bits per heavy atom. The highest BCUT2D eigenvalue weighted by Gasteiger charge is 2.15. The summed E-state index contributed by atoms with van der Waals surface area (Å²) in [7, 11) is 1.31. The minimum atomic E-state index is -0.378. The molecule has 1 amide bonds. The minimum Gasteiger partial charge on any atom is -0.469 e. The van der Waals surface area contributed by atoms with Gasteiger partial charge in [-0.3, -0.25) is 14.4 Å². The van der Waals surface area contributed by atoms with Crippen molar-refractivity contribution in [2.45, 2.75) is 25.9 Å². The number of pyridine rings is 1. The maximum absolute atomic E-state index is 12.7. The minimum absolute atomic E-state index is 0.0484. The summed E-state index contributed by atoms with van der Waals surface area (Å²) in [4.78, 5) is 36.5. The Kier molecular flexibility index (Phi) is 5.02. The number of nitrogens with zero attached hydrogens (tertiary/aromatic N) is 1. The van der Waals surface area contributed by atoms with Gasteiger partial charge in [-0.05, 0) is 31.2 Å². The van der Waals surface area contributed by atoms with Crippen molar-refractivity contribution >= 4 is 33.7 Å². The van der Waals surface area contributed by atoms with E-state index in [0.29, 0.717) is 21.8 Å². The summed E-state index contributed by atoms with van der Waals surface area (Å²) in [6, 6.07) is 14.1. The lowest BCUT2D eigenvalue weighted by molar-refractivity contribution is -0.141. The van der Waals surface area contributed by atoms with Crippen LogP contribution in [0.15, 0.2) is 53.3 Å². The zero-order chi connectivity index (χ0) is 18.7. The van der Waals surface area contributed by atoms with Crippen LogP contribution in [0.5, 0.6) is 0 Å². The van der Waals surface area contributed by atoms with Crippen molar-refractivity contribution in [3.05, 3.63) is 58.8 Å². The normalized spacial score (nSPS) is 12.1. The van der Waals surface area contributed by atoms with Gasteiger partial charge < -0.3 is 14.6 Å². The van der Waals surface area contributed by atoms with Crippen LogP contribution >= 0.6 is 0 Å². The van der Waals surface area contributed by atoms with Crippen LogP contribution in [0.25, 0.3) is 21.8 Å². The summed E-state index contributed by atoms with van der Waals surface area (Å²) >= 11 is 0. The van der Waals surface area contributed by atoms with E-state index in [1.54, 1.807) is 31.2 Å². The van der Waals surface area contributed by atoms with E-state index in [1.807, 2.05) is 28.8 Å². The standard InChI is InChI=1S/C20H20N2O4/c1-13(11-19(24)26-2)21-18(23)12-22-16-9-5-3-7-14(16)20(25)15-8-4-6-10-17(15)22/h3-10,13H,11-12H2,1-2H3,(H,21,23). The quantitative estimate of drug-likeness (QED) is 0.564. The van der Waals surface area contributed by atoms with Crippen LogP contribution in [-0.2, 0) is 20.9 Å². The van der Waals surface area contributed by atoms with Crippen molar-refractivity contribution in [1.29, 1.82) is 0 Å². The van der Waals surface area contributed by atoms with Gasteiger partial charge in [-0.1, -0.05) is 24.3 Å². The summed E-state index contributed by atoms with van der Waals surface area (Å²) in [5.41, 5.74) is 1.35. The molecule has 3 aromatic rings. The molecular weight excluding hydrogens is 332 g/mol. The molecule has 6 nitrogen and oxygen atoms in total. The second-order valence-electron chi connectivity index (χ2n) is 6.20. The third-order valence-electron chi connectivity index (χ3n) is 4.29. The van der Waals surface area contributed by atoms with E-state index in [1.165, 1.54) is 7.11 Å². The van der Waals surface area contributed by atoms with Gasteiger partial charge >= 0.3 is 5.97 Å². The molecule has 0 saturated heterocycles. The maximum atomic E-state index is 12.7. The monoisotopic (exact) mass is 352 g/mol. The number of nitrogens with one attached hydrogen (secondary N) is 1. The van der Waals surface area contributed by atoms with Crippen LogP contribution in [0.3, 0.4) is 0 Å². The smallest absolute Gasteiger partial charge is 0.307 e. The molecule has 3 rings (SSSR count). The number of ether oxygens (including phenoxy) is 1. The number of fused-ring (bicyclic) bond motifs is 2. The first-order valence-corrected chi connectivity index (χ1v) is 8.37. The number of rotatable bonds is 5. The maximum Gasteiger partial charge on any atom is 0.307 e. The second-order valence-corrected chi connectivity index (χ2v) is 6.20.